The number of carboxylic acids is 1. The molecule has 2 amide bonds. The number of carboxylic acid groups (broad SMARTS) is 1. The number of aliphatic carboxylic acids is 1. The lowest BCUT2D eigenvalue weighted by Gasteiger charge is -2.25. The molecule has 3 N–H and O–H groups in total. The molecule has 1 aliphatic heterocycles. The van der Waals surface area contributed by atoms with Crippen molar-refractivity contribution in [3.8, 4) is 0 Å². The van der Waals surface area contributed by atoms with Crippen LogP contribution in [0.2, 0.25) is 0 Å². The molecule has 2 unspecified atom stereocenters. The summed E-state index contributed by atoms with van der Waals surface area (Å²) in [5.74, 6) is -2.28. The largest absolute Gasteiger partial charge is 0.481 e. The smallest absolute Gasteiger partial charge is 0.307 e. The van der Waals surface area contributed by atoms with Gasteiger partial charge < -0.3 is 15.7 Å². The molecule has 19 heavy (non-hydrogen) atoms. The Hall–Kier alpha value is -1.59. The predicted octanol–water partition coefficient (Wildman–Crippen LogP) is 0.128. The number of carbonyl (C=O) groups excluding carboxylic acids is 2. The van der Waals surface area contributed by atoms with Crippen LogP contribution in [-0.2, 0) is 14.4 Å². The molecule has 2 rings (SSSR count). The van der Waals surface area contributed by atoms with Crippen LogP contribution in [0.25, 0.3) is 0 Å². The van der Waals surface area contributed by atoms with E-state index in [0.717, 1.165) is 6.42 Å². The van der Waals surface area contributed by atoms with Gasteiger partial charge in [0.1, 0.15) is 6.04 Å². The van der Waals surface area contributed by atoms with E-state index in [0.29, 0.717) is 25.8 Å². The Morgan fingerprint density at radius 3 is 2.63 bits per heavy atom. The zero-order valence-corrected chi connectivity index (χ0v) is 11.0. The lowest BCUT2D eigenvalue weighted by atomic mass is 9.94. The molecule has 4 atom stereocenters. The van der Waals surface area contributed by atoms with Gasteiger partial charge in [-0.05, 0) is 31.6 Å². The summed E-state index contributed by atoms with van der Waals surface area (Å²) in [6.45, 7) is 2.60. The third-order valence-corrected chi connectivity index (χ3v) is 4.05. The van der Waals surface area contributed by atoms with Crippen molar-refractivity contribution in [3.05, 3.63) is 0 Å². The monoisotopic (exact) mass is 268 g/mol. The number of hydrogen-bond acceptors (Lipinski definition) is 3. The van der Waals surface area contributed by atoms with E-state index in [1.165, 1.54) is 0 Å². The molecule has 0 bridgehead atoms. The van der Waals surface area contributed by atoms with Crippen molar-refractivity contribution in [2.24, 2.45) is 17.8 Å². The number of hydrogen-bond donors (Lipinski definition) is 3. The quantitative estimate of drug-likeness (QED) is 0.678. The fourth-order valence-electron chi connectivity index (χ4n) is 3.04. The van der Waals surface area contributed by atoms with Gasteiger partial charge in [0.15, 0.2) is 0 Å². The molecule has 0 aromatic rings. The minimum Gasteiger partial charge on any atom is -0.481 e. The average molecular weight is 268 g/mol. The van der Waals surface area contributed by atoms with E-state index in [-0.39, 0.29) is 17.7 Å². The van der Waals surface area contributed by atoms with Crippen LogP contribution in [0.5, 0.6) is 0 Å². The Morgan fingerprint density at radius 2 is 2.00 bits per heavy atom. The highest BCUT2D eigenvalue weighted by molar-refractivity contribution is 5.91. The van der Waals surface area contributed by atoms with Crippen molar-refractivity contribution in [3.63, 3.8) is 0 Å². The zero-order valence-electron chi connectivity index (χ0n) is 11.0. The van der Waals surface area contributed by atoms with Gasteiger partial charge in [-0.3, -0.25) is 14.4 Å². The lowest BCUT2D eigenvalue weighted by molar-refractivity contribution is -0.146. The Bertz CT molecular complexity index is 396. The van der Waals surface area contributed by atoms with Crippen molar-refractivity contribution in [2.45, 2.75) is 38.6 Å². The van der Waals surface area contributed by atoms with Crippen LogP contribution in [0.3, 0.4) is 0 Å². The molecule has 0 aromatic heterocycles. The number of rotatable bonds is 3. The Balaban J connectivity index is 1.98. The van der Waals surface area contributed by atoms with Crippen molar-refractivity contribution in [1.29, 1.82) is 0 Å². The maximum atomic E-state index is 12.2. The first-order chi connectivity index (χ1) is 8.99. The van der Waals surface area contributed by atoms with Gasteiger partial charge >= 0.3 is 5.97 Å². The Kier molecular flexibility index (Phi) is 4.07. The van der Waals surface area contributed by atoms with E-state index in [1.54, 1.807) is 0 Å². The van der Waals surface area contributed by atoms with Gasteiger partial charge in [0.05, 0.1) is 11.8 Å². The summed E-state index contributed by atoms with van der Waals surface area (Å²) in [6.07, 6.45) is 2.57. The van der Waals surface area contributed by atoms with Crippen LogP contribution in [0.1, 0.15) is 32.6 Å². The van der Waals surface area contributed by atoms with Crippen molar-refractivity contribution >= 4 is 17.8 Å². The van der Waals surface area contributed by atoms with Gasteiger partial charge in [0.2, 0.25) is 11.8 Å². The van der Waals surface area contributed by atoms with Crippen molar-refractivity contribution < 1.29 is 19.5 Å². The van der Waals surface area contributed by atoms with Crippen molar-refractivity contribution in [2.75, 3.05) is 6.54 Å². The fraction of sp³-hybridized carbons (Fsp3) is 0.769. The second kappa shape index (κ2) is 5.59. The summed E-state index contributed by atoms with van der Waals surface area (Å²) in [5, 5.41) is 14.6. The molecule has 2 aliphatic rings. The molecule has 0 radical (unpaired) electrons. The molecule has 1 aliphatic carbocycles. The minimum absolute atomic E-state index is 0.169. The number of piperidine rings is 1. The summed E-state index contributed by atoms with van der Waals surface area (Å²) in [5.41, 5.74) is 0. The van der Waals surface area contributed by atoms with Gasteiger partial charge in [0, 0.05) is 6.54 Å². The zero-order chi connectivity index (χ0) is 14.0. The van der Waals surface area contributed by atoms with Crippen LogP contribution >= 0.6 is 0 Å². The highest BCUT2D eigenvalue weighted by Crippen LogP contribution is 2.36. The van der Waals surface area contributed by atoms with Gasteiger partial charge in [0.25, 0.3) is 0 Å². The topological polar surface area (TPSA) is 95.5 Å². The molecule has 1 saturated carbocycles. The highest BCUT2D eigenvalue weighted by atomic mass is 16.4. The van der Waals surface area contributed by atoms with Crippen LogP contribution in [0.15, 0.2) is 0 Å². The molecular formula is C13H20N2O4. The third kappa shape index (κ3) is 3.05. The lowest BCUT2D eigenvalue weighted by Crippen LogP contribution is -2.52. The van der Waals surface area contributed by atoms with E-state index < -0.39 is 23.8 Å². The molecule has 0 spiro atoms. The minimum atomic E-state index is -0.919. The fourth-order valence-corrected chi connectivity index (χ4v) is 3.04. The van der Waals surface area contributed by atoms with Crippen LogP contribution < -0.4 is 10.6 Å². The summed E-state index contributed by atoms with van der Waals surface area (Å²) < 4.78 is 0. The first kappa shape index (κ1) is 13.8. The summed E-state index contributed by atoms with van der Waals surface area (Å²) >= 11 is 0. The SMILES string of the molecule is CC1C[C@H](C(=O)NC2CCCNC2=O)[C@H](C(=O)O)C1. The van der Waals surface area contributed by atoms with Crippen LogP contribution in [0, 0.1) is 17.8 Å². The number of carbonyl (C=O) groups is 3. The molecule has 1 saturated heterocycles. The molecule has 1 heterocycles. The summed E-state index contributed by atoms with van der Waals surface area (Å²) in [4.78, 5) is 34.9. The maximum absolute atomic E-state index is 12.2. The van der Waals surface area contributed by atoms with E-state index in [4.69, 9.17) is 5.11 Å². The van der Waals surface area contributed by atoms with Crippen LogP contribution in [0.4, 0.5) is 0 Å². The maximum Gasteiger partial charge on any atom is 0.307 e. The Labute approximate surface area is 111 Å². The molecule has 2 fully saturated rings. The molecule has 106 valence electrons. The second-order valence-corrected chi connectivity index (χ2v) is 5.62. The first-order valence-electron chi connectivity index (χ1n) is 6.80. The highest BCUT2D eigenvalue weighted by Gasteiger charge is 2.42. The van der Waals surface area contributed by atoms with E-state index in [1.807, 2.05) is 6.92 Å². The van der Waals surface area contributed by atoms with Crippen molar-refractivity contribution in [1.82, 2.24) is 10.6 Å². The molecule has 6 nitrogen and oxygen atoms in total. The normalized spacial score (nSPS) is 34.7. The molecular weight excluding hydrogens is 248 g/mol. The van der Waals surface area contributed by atoms with E-state index in [2.05, 4.69) is 10.6 Å². The standard InChI is InChI=1S/C13H20N2O4/c1-7-5-8(9(6-7)13(18)19)11(16)15-10-3-2-4-14-12(10)17/h7-10H,2-6H2,1H3,(H,14,17)(H,15,16)(H,18,19)/t7?,8-,9+,10?/m0/s1. The van der Waals surface area contributed by atoms with Gasteiger partial charge in [-0.15, -0.1) is 0 Å². The average Bonchev–Trinajstić information content (AvgIpc) is 2.74. The summed E-state index contributed by atoms with van der Waals surface area (Å²) in [7, 11) is 0. The van der Waals surface area contributed by atoms with Crippen LogP contribution in [-0.4, -0.2) is 35.5 Å². The first-order valence-corrected chi connectivity index (χ1v) is 6.80. The van der Waals surface area contributed by atoms with Gasteiger partial charge in [-0.1, -0.05) is 6.92 Å². The van der Waals surface area contributed by atoms with E-state index >= 15 is 0 Å². The third-order valence-electron chi connectivity index (χ3n) is 4.05. The predicted molar refractivity (Wildman–Crippen MR) is 67.2 cm³/mol. The summed E-state index contributed by atoms with van der Waals surface area (Å²) in [6, 6.07) is -0.508. The second-order valence-electron chi connectivity index (χ2n) is 5.62. The molecule has 6 heteroatoms. The number of nitrogens with one attached hydrogen (secondary N) is 2. The van der Waals surface area contributed by atoms with Gasteiger partial charge in [-0.2, -0.15) is 0 Å². The molecule has 0 aromatic carbocycles. The Morgan fingerprint density at radius 1 is 1.32 bits per heavy atom. The van der Waals surface area contributed by atoms with Gasteiger partial charge in [-0.25, -0.2) is 0 Å². The van der Waals surface area contributed by atoms with E-state index in [9.17, 15) is 14.4 Å². The number of amides is 2.